The van der Waals surface area contributed by atoms with Gasteiger partial charge in [0.15, 0.2) is 0 Å². The highest BCUT2D eigenvalue weighted by atomic mass is 32.1. The average Bonchev–Trinajstić information content (AvgIpc) is 2.56. The predicted molar refractivity (Wildman–Crippen MR) is 125 cm³/mol. The van der Waals surface area contributed by atoms with E-state index in [9.17, 15) is 0 Å². The maximum absolute atomic E-state index is 6.85. The van der Waals surface area contributed by atoms with Gasteiger partial charge in [-0.15, -0.1) is 0 Å². The Labute approximate surface area is 175 Å². The summed E-state index contributed by atoms with van der Waals surface area (Å²) in [6.45, 7) is 18.8. The Morgan fingerprint density at radius 1 is 0.926 bits per heavy atom. The van der Waals surface area contributed by atoms with Crippen LogP contribution in [0.1, 0.15) is 85.8 Å². The second-order valence-electron chi connectivity index (χ2n) is 9.65. The third-order valence-electron chi connectivity index (χ3n) is 4.87. The lowest BCUT2D eigenvalue weighted by atomic mass is 9.80. The number of rotatable bonds is 10. The molecule has 156 valence electrons. The van der Waals surface area contributed by atoms with Crippen LogP contribution in [0.15, 0.2) is 18.2 Å². The first-order chi connectivity index (χ1) is 12.5. The van der Waals surface area contributed by atoms with Crippen molar-refractivity contribution in [3.8, 4) is 5.75 Å². The van der Waals surface area contributed by atoms with Crippen molar-refractivity contribution >= 4 is 21.2 Å². The van der Waals surface area contributed by atoms with Crippen molar-refractivity contribution < 1.29 is 8.85 Å². The van der Waals surface area contributed by atoms with Crippen molar-refractivity contribution in [3.05, 3.63) is 29.3 Å². The van der Waals surface area contributed by atoms with Crippen LogP contribution in [0.4, 0.5) is 0 Å². The van der Waals surface area contributed by atoms with Crippen LogP contribution >= 0.6 is 12.6 Å². The quantitative estimate of drug-likeness (QED) is 0.323. The zero-order valence-electron chi connectivity index (χ0n) is 18.9. The van der Waals surface area contributed by atoms with E-state index in [1.165, 1.54) is 11.1 Å². The molecule has 0 aliphatic carbocycles. The predicted octanol–water partition coefficient (Wildman–Crippen LogP) is 7.26. The molecule has 0 heterocycles. The molecule has 1 aromatic rings. The summed E-state index contributed by atoms with van der Waals surface area (Å²) in [7, 11) is -2.30. The maximum atomic E-state index is 6.85. The molecule has 0 bridgehead atoms. The summed E-state index contributed by atoms with van der Waals surface area (Å²) in [5, 5.41) is 0. The highest BCUT2D eigenvalue weighted by Gasteiger charge is 2.39. The van der Waals surface area contributed by atoms with E-state index in [0.717, 1.165) is 49.5 Å². The summed E-state index contributed by atoms with van der Waals surface area (Å²) in [4.78, 5) is 0. The largest absolute Gasteiger partial charge is 0.520 e. The van der Waals surface area contributed by atoms with Gasteiger partial charge in [0.1, 0.15) is 5.75 Å². The molecular weight excluding hydrogens is 368 g/mol. The van der Waals surface area contributed by atoms with Gasteiger partial charge in [0.2, 0.25) is 0 Å². The molecule has 1 aromatic carbocycles. The van der Waals surface area contributed by atoms with Crippen molar-refractivity contribution in [2.45, 2.75) is 97.6 Å². The van der Waals surface area contributed by atoms with E-state index < -0.39 is 8.56 Å². The third-order valence-corrected chi connectivity index (χ3v) is 8.88. The Morgan fingerprint density at radius 2 is 1.59 bits per heavy atom. The first-order valence-corrected chi connectivity index (χ1v) is 13.4. The molecule has 4 heteroatoms. The molecule has 0 fully saturated rings. The topological polar surface area (TPSA) is 18.5 Å². The summed E-state index contributed by atoms with van der Waals surface area (Å²) in [6, 6.07) is 8.81. The van der Waals surface area contributed by atoms with Gasteiger partial charge >= 0.3 is 8.56 Å². The molecule has 0 spiro atoms. The first kappa shape index (κ1) is 24.6. The zero-order valence-corrected chi connectivity index (χ0v) is 20.8. The lowest BCUT2D eigenvalue weighted by Crippen LogP contribution is -2.46. The minimum Gasteiger partial charge on any atom is -0.520 e. The number of hydrogen-bond acceptors (Lipinski definition) is 3. The second kappa shape index (κ2) is 10.4. The van der Waals surface area contributed by atoms with Crippen LogP contribution in [0, 0.1) is 0 Å². The fraction of sp³-hybridized carbons (Fsp3) is 0.739. The molecule has 1 atom stereocenters. The Morgan fingerprint density at radius 3 is 2.07 bits per heavy atom. The summed E-state index contributed by atoms with van der Waals surface area (Å²) in [6.07, 6.45) is 3.16. The van der Waals surface area contributed by atoms with E-state index in [1.807, 2.05) is 0 Å². The van der Waals surface area contributed by atoms with Crippen molar-refractivity contribution in [2.24, 2.45) is 0 Å². The van der Waals surface area contributed by atoms with Crippen LogP contribution in [0.5, 0.6) is 5.75 Å². The lowest BCUT2D eigenvalue weighted by Gasteiger charge is -2.35. The third kappa shape index (κ3) is 7.47. The Hall–Kier alpha value is -0.453. The van der Waals surface area contributed by atoms with E-state index >= 15 is 0 Å². The number of thiol groups is 1. The van der Waals surface area contributed by atoms with Gasteiger partial charge in [0, 0.05) is 18.7 Å². The van der Waals surface area contributed by atoms with Gasteiger partial charge in [-0.1, -0.05) is 73.9 Å². The van der Waals surface area contributed by atoms with Crippen molar-refractivity contribution in [2.75, 3.05) is 12.4 Å². The fourth-order valence-electron chi connectivity index (χ4n) is 3.29. The molecule has 0 N–H and O–H groups in total. The minimum absolute atomic E-state index is 0.0251. The van der Waals surface area contributed by atoms with Gasteiger partial charge < -0.3 is 8.85 Å². The Kier molecular flexibility index (Phi) is 9.43. The molecular formula is C23H42O2SSi. The van der Waals surface area contributed by atoms with Crippen LogP contribution < -0.4 is 4.43 Å². The molecule has 1 unspecified atom stereocenters. The zero-order chi connectivity index (χ0) is 20.7. The Balaban J connectivity index is 3.37. The summed E-state index contributed by atoms with van der Waals surface area (Å²) >= 11 is 4.44. The molecule has 0 radical (unpaired) electrons. The van der Waals surface area contributed by atoms with Gasteiger partial charge in [0.25, 0.3) is 0 Å². The standard InChI is InChI=1S/C23H42O2SSi/c1-9-14-24-27(16-10-2,17-11-15-26)25-21-13-12-19(22(3,4)5)18-20(21)23(6,7)8/h12-13,18,26H,9-11,14-17H2,1-8H3. The molecule has 0 aliphatic rings. The highest BCUT2D eigenvalue weighted by Crippen LogP contribution is 2.38. The van der Waals surface area contributed by atoms with Crippen molar-refractivity contribution in [1.29, 1.82) is 0 Å². The molecule has 2 nitrogen and oxygen atoms in total. The van der Waals surface area contributed by atoms with E-state index in [1.54, 1.807) is 0 Å². The van der Waals surface area contributed by atoms with Crippen LogP contribution in [0.25, 0.3) is 0 Å². The van der Waals surface area contributed by atoms with Crippen molar-refractivity contribution in [1.82, 2.24) is 0 Å². The number of hydrogen-bond donors (Lipinski definition) is 1. The van der Waals surface area contributed by atoms with E-state index in [0.29, 0.717) is 0 Å². The van der Waals surface area contributed by atoms with Gasteiger partial charge in [-0.3, -0.25) is 0 Å². The summed E-state index contributed by atoms with van der Waals surface area (Å²) in [5.74, 6) is 1.90. The molecule has 0 saturated heterocycles. The summed E-state index contributed by atoms with van der Waals surface area (Å²) in [5.41, 5.74) is 2.79. The van der Waals surface area contributed by atoms with Gasteiger partial charge in [-0.25, -0.2) is 0 Å². The van der Waals surface area contributed by atoms with Gasteiger partial charge in [-0.2, -0.15) is 12.6 Å². The molecule has 0 aliphatic heterocycles. The molecule has 1 rings (SSSR count). The van der Waals surface area contributed by atoms with E-state index in [4.69, 9.17) is 8.85 Å². The van der Waals surface area contributed by atoms with Crippen LogP contribution in [0.3, 0.4) is 0 Å². The minimum atomic E-state index is -2.30. The first-order valence-electron chi connectivity index (χ1n) is 10.6. The lowest BCUT2D eigenvalue weighted by molar-refractivity contribution is 0.233. The fourth-order valence-corrected chi connectivity index (χ4v) is 7.18. The molecule has 27 heavy (non-hydrogen) atoms. The van der Waals surface area contributed by atoms with Crippen LogP contribution in [0.2, 0.25) is 12.1 Å². The van der Waals surface area contributed by atoms with Gasteiger partial charge in [-0.05, 0) is 46.6 Å². The summed E-state index contributed by atoms with van der Waals surface area (Å²) < 4.78 is 13.3. The normalized spacial score (nSPS) is 14.9. The maximum Gasteiger partial charge on any atom is 0.398 e. The number of benzene rings is 1. The SMILES string of the molecule is CCCO[Si](CCC)(CCCS)Oc1ccc(C(C)(C)C)cc1C(C)(C)C. The van der Waals surface area contributed by atoms with E-state index in [2.05, 4.69) is 86.2 Å². The highest BCUT2D eigenvalue weighted by molar-refractivity contribution is 7.80. The monoisotopic (exact) mass is 410 g/mol. The smallest absolute Gasteiger partial charge is 0.398 e. The molecule has 0 saturated carbocycles. The Bertz CT molecular complexity index is 565. The second-order valence-corrected chi connectivity index (χ2v) is 13.4. The van der Waals surface area contributed by atoms with Gasteiger partial charge in [0.05, 0.1) is 0 Å². The molecule has 0 amide bonds. The molecule has 0 aromatic heterocycles. The van der Waals surface area contributed by atoms with Crippen LogP contribution in [-0.4, -0.2) is 20.9 Å². The van der Waals surface area contributed by atoms with E-state index in [-0.39, 0.29) is 10.8 Å². The average molecular weight is 411 g/mol. The van der Waals surface area contributed by atoms with Crippen molar-refractivity contribution in [3.63, 3.8) is 0 Å². The van der Waals surface area contributed by atoms with Crippen LogP contribution in [-0.2, 0) is 15.3 Å².